The zero-order valence-electron chi connectivity index (χ0n) is 11.9. The highest BCUT2D eigenvalue weighted by Gasteiger charge is 2.23. The summed E-state index contributed by atoms with van der Waals surface area (Å²) in [6, 6.07) is 3.88. The Labute approximate surface area is 111 Å². The van der Waals surface area contributed by atoms with Crippen LogP contribution in [0.25, 0.3) is 10.9 Å². The minimum Gasteiger partial charge on any atom is -0.307 e. The summed E-state index contributed by atoms with van der Waals surface area (Å²) in [7, 11) is 0. The van der Waals surface area contributed by atoms with Crippen molar-refractivity contribution in [1.29, 1.82) is 0 Å². The van der Waals surface area contributed by atoms with Gasteiger partial charge in [0.1, 0.15) is 0 Å². The molecule has 0 unspecified atom stereocenters. The van der Waals surface area contributed by atoms with Crippen LogP contribution in [0.1, 0.15) is 44.7 Å². The van der Waals surface area contributed by atoms with E-state index in [9.17, 15) is 9.59 Å². The standard InChI is InChI=1S/C15H20N2O2/c1-5-6-15(3,4)11-8-9(2)7-10-12(11)16-14(19)17-13(10)18/h7-8H,5-6H2,1-4H3,(H2,16,17,18,19). The van der Waals surface area contributed by atoms with Crippen molar-refractivity contribution in [2.24, 2.45) is 0 Å². The normalized spacial score (nSPS) is 12.0. The molecule has 0 aliphatic heterocycles. The molecule has 0 aliphatic rings. The Morgan fingerprint density at radius 2 is 1.84 bits per heavy atom. The van der Waals surface area contributed by atoms with E-state index in [0.717, 1.165) is 24.0 Å². The number of aromatic amines is 2. The number of aryl methyl sites for hydroxylation is 1. The van der Waals surface area contributed by atoms with Crippen LogP contribution in [0.5, 0.6) is 0 Å². The summed E-state index contributed by atoms with van der Waals surface area (Å²) in [6.07, 6.45) is 2.05. The molecule has 1 aromatic heterocycles. The largest absolute Gasteiger partial charge is 0.326 e. The van der Waals surface area contributed by atoms with Crippen LogP contribution in [0.3, 0.4) is 0 Å². The molecular formula is C15H20N2O2. The second-order valence-corrected chi connectivity index (χ2v) is 5.78. The van der Waals surface area contributed by atoms with Crippen LogP contribution in [0.2, 0.25) is 0 Å². The number of fused-ring (bicyclic) bond motifs is 1. The lowest BCUT2D eigenvalue weighted by molar-refractivity contribution is 0.476. The molecule has 1 aromatic carbocycles. The monoisotopic (exact) mass is 260 g/mol. The highest BCUT2D eigenvalue weighted by molar-refractivity contribution is 5.82. The van der Waals surface area contributed by atoms with E-state index in [2.05, 4.69) is 36.8 Å². The molecule has 0 fully saturated rings. The average Bonchev–Trinajstić information content (AvgIpc) is 2.29. The van der Waals surface area contributed by atoms with Gasteiger partial charge in [0.15, 0.2) is 0 Å². The van der Waals surface area contributed by atoms with Crippen molar-refractivity contribution in [2.45, 2.75) is 46.0 Å². The number of benzene rings is 1. The van der Waals surface area contributed by atoms with Gasteiger partial charge >= 0.3 is 5.69 Å². The first-order chi connectivity index (χ1) is 8.85. The molecule has 0 spiro atoms. The SMILES string of the molecule is CCCC(C)(C)c1cc(C)cc2c(=O)[nH]c(=O)[nH]c12. The Kier molecular flexibility index (Phi) is 3.35. The minimum absolute atomic E-state index is 0.0737. The summed E-state index contributed by atoms with van der Waals surface area (Å²) in [5.41, 5.74) is 1.89. The molecule has 0 bridgehead atoms. The molecule has 2 aromatic rings. The number of nitrogens with one attached hydrogen (secondary N) is 2. The van der Waals surface area contributed by atoms with Gasteiger partial charge in [-0.2, -0.15) is 0 Å². The summed E-state index contributed by atoms with van der Waals surface area (Å²) in [5, 5.41) is 0.554. The molecule has 0 radical (unpaired) electrons. The quantitative estimate of drug-likeness (QED) is 0.890. The molecule has 19 heavy (non-hydrogen) atoms. The average molecular weight is 260 g/mol. The van der Waals surface area contributed by atoms with E-state index in [-0.39, 0.29) is 11.0 Å². The first kappa shape index (κ1) is 13.6. The topological polar surface area (TPSA) is 65.7 Å². The summed E-state index contributed by atoms with van der Waals surface area (Å²) in [4.78, 5) is 28.5. The number of aromatic nitrogens is 2. The van der Waals surface area contributed by atoms with E-state index in [1.165, 1.54) is 0 Å². The zero-order chi connectivity index (χ0) is 14.2. The second kappa shape index (κ2) is 4.68. The third-order valence-electron chi connectivity index (χ3n) is 3.60. The molecule has 0 saturated heterocycles. The predicted molar refractivity (Wildman–Crippen MR) is 77.9 cm³/mol. The Bertz CT molecular complexity index is 723. The highest BCUT2D eigenvalue weighted by Crippen LogP contribution is 2.32. The van der Waals surface area contributed by atoms with Gasteiger partial charge in [-0.1, -0.05) is 33.3 Å². The van der Waals surface area contributed by atoms with E-state index >= 15 is 0 Å². The fraction of sp³-hybridized carbons (Fsp3) is 0.467. The van der Waals surface area contributed by atoms with Crippen molar-refractivity contribution in [3.8, 4) is 0 Å². The fourth-order valence-corrected chi connectivity index (χ4v) is 2.71. The van der Waals surface area contributed by atoms with E-state index in [4.69, 9.17) is 0 Å². The molecular weight excluding hydrogens is 240 g/mol. The maximum absolute atomic E-state index is 11.9. The molecule has 0 aliphatic carbocycles. The van der Waals surface area contributed by atoms with Crippen LogP contribution in [-0.2, 0) is 5.41 Å². The van der Waals surface area contributed by atoms with Crippen molar-refractivity contribution in [2.75, 3.05) is 0 Å². The van der Waals surface area contributed by atoms with Crippen LogP contribution >= 0.6 is 0 Å². The maximum atomic E-state index is 11.9. The van der Waals surface area contributed by atoms with Gasteiger partial charge in [0.05, 0.1) is 10.9 Å². The summed E-state index contributed by atoms with van der Waals surface area (Å²) < 4.78 is 0. The van der Waals surface area contributed by atoms with Crippen LogP contribution in [-0.4, -0.2) is 9.97 Å². The number of rotatable bonds is 3. The lowest BCUT2D eigenvalue weighted by Gasteiger charge is -2.26. The molecule has 0 amide bonds. The van der Waals surface area contributed by atoms with Gasteiger partial charge in [-0.3, -0.25) is 9.78 Å². The van der Waals surface area contributed by atoms with Crippen molar-refractivity contribution in [1.82, 2.24) is 9.97 Å². The molecule has 0 atom stereocenters. The van der Waals surface area contributed by atoms with Crippen LogP contribution < -0.4 is 11.2 Å². The number of hydrogen-bond donors (Lipinski definition) is 2. The third kappa shape index (κ3) is 2.48. The van der Waals surface area contributed by atoms with Gasteiger partial charge in [0.25, 0.3) is 5.56 Å². The van der Waals surface area contributed by atoms with Gasteiger partial charge in [0, 0.05) is 0 Å². The Morgan fingerprint density at radius 3 is 2.47 bits per heavy atom. The molecule has 102 valence electrons. The lowest BCUT2D eigenvalue weighted by atomic mass is 9.79. The van der Waals surface area contributed by atoms with Crippen molar-refractivity contribution in [3.05, 3.63) is 44.1 Å². The molecule has 4 nitrogen and oxygen atoms in total. The van der Waals surface area contributed by atoms with Crippen molar-refractivity contribution in [3.63, 3.8) is 0 Å². The predicted octanol–water partition coefficient (Wildman–Crippen LogP) is 2.60. The van der Waals surface area contributed by atoms with Crippen molar-refractivity contribution >= 4 is 10.9 Å². The van der Waals surface area contributed by atoms with Gasteiger partial charge in [0.2, 0.25) is 0 Å². The summed E-state index contributed by atoms with van der Waals surface area (Å²) in [5.74, 6) is 0. The van der Waals surface area contributed by atoms with Gasteiger partial charge in [-0.15, -0.1) is 0 Å². The number of hydrogen-bond acceptors (Lipinski definition) is 2. The first-order valence-electron chi connectivity index (χ1n) is 6.62. The number of H-pyrrole nitrogens is 2. The van der Waals surface area contributed by atoms with E-state index < -0.39 is 5.69 Å². The van der Waals surface area contributed by atoms with Gasteiger partial charge in [-0.05, 0) is 36.0 Å². The maximum Gasteiger partial charge on any atom is 0.326 e. The molecule has 2 N–H and O–H groups in total. The van der Waals surface area contributed by atoms with E-state index in [0.29, 0.717) is 10.9 Å². The Morgan fingerprint density at radius 1 is 1.16 bits per heavy atom. The van der Waals surface area contributed by atoms with Gasteiger partial charge < -0.3 is 4.98 Å². The molecule has 4 heteroatoms. The van der Waals surface area contributed by atoms with Crippen LogP contribution in [0.15, 0.2) is 21.7 Å². The Balaban J connectivity index is 2.88. The highest BCUT2D eigenvalue weighted by atomic mass is 16.2. The third-order valence-corrected chi connectivity index (χ3v) is 3.60. The molecule has 1 heterocycles. The minimum atomic E-state index is -0.449. The Hall–Kier alpha value is -1.84. The first-order valence-corrected chi connectivity index (χ1v) is 6.62. The molecule has 0 saturated carbocycles. The van der Waals surface area contributed by atoms with E-state index in [1.54, 1.807) is 0 Å². The lowest BCUT2D eigenvalue weighted by Crippen LogP contribution is -2.25. The van der Waals surface area contributed by atoms with Gasteiger partial charge in [-0.25, -0.2) is 4.79 Å². The zero-order valence-corrected chi connectivity index (χ0v) is 11.9. The second-order valence-electron chi connectivity index (χ2n) is 5.78. The van der Waals surface area contributed by atoms with Crippen molar-refractivity contribution < 1.29 is 0 Å². The van der Waals surface area contributed by atoms with Crippen LogP contribution in [0.4, 0.5) is 0 Å². The van der Waals surface area contributed by atoms with E-state index in [1.807, 2.05) is 13.0 Å². The fourth-order valence-electron chi connectivity index (χ4n) is 2.71. The smallest absolute Gasteiger partial charge is 0.307 e. The summed E-state index contributed by atoms with van der Waals surface area (Å²) in [6.45, 7) is 8.39. The summed E-state index contributed by atoms with van der Waals surface area (Å²) >= 11 is 0. The van der Waals surface area contributed by atoms with Crippen LogP contribution in [0, 0.1) is 6.92 Å². The molecule has 2 rings (SSSR count).